The molecule has 102 valence electrons. The van der Waals surface area contributed by atoms with Gasteiger partial charge in [0.25, 0.3) is 0 Å². The molecule has 0 heterocycles. The standard InChI is InChI=1S/C14H22FNO2/c1-12(13-4-6-14(15)7-5-13)16-8-11-18-10-3-9-17-2/h4-7,12,16H,3,8-11H2,1-2H3/t12-/m1/s1. The second-order valence-corrected chi connectivity index (χ2v) is 4.19. The first kappa shape index (κ1) is 15.1. The molecule has 3 nitrogen and oxygen atoms in total. The predicted octanol–water partition coefficient (Wildman–Crippen LogP) is 2.53. The van der Waals surface area contributed by atoms with Gasteiger partial charge in [-0.25, -0.2) is 4.39 Å². The number of ether oxygens (including phenoxy) is 2. The molecule has 0 aliphatic rings. The van der Waals surface area contributed by atoms with Crippen molar-refractivity contribution in [3.8, 4) is 0 Å². The second-order valence-electron chi connectivity index (χ2n) is 4.19. The lowest BCUT2D eigenvalue weighted by atomic mass is 10.1. The summed E-state index contributed by atoms with van der Waals surface area (Å²) < 4.78 is 23.1. The molecule has 18 heavy (non-hydrogen) atoms. The maximum absolute atomic E-state index is 12.8. The van der Waals surface area contributed by atoms with Crippen LogP contribution in [0.1, 0.15) is 24.9 Å². The van der Waals surface area contributed by atoms with Crippen LogP contribution < -0.4 is 5.32 Å². The van der Waals surface area contributed by atoms with Gasteiger partial charge in [0.05, 0.1) is 6.61 Å². The highest BCUT2D eigenvalue weighted by Gasteiger charge is 2.03. The van der Waals surface area contributed by atoms with E-state index in [9.17, 15) is 4.39 Å². The summed E-state index contributed by atoms with van der Waals surface area (Å²) in [5, 5.41) is 3.33. The molecule has 0 radical (unpaired) electrons. The fourth-order valence-electron chi connectivity index (χ4n) is 1.62. The van der Waals surface area contributed by atoms with Crippen LogP contribution in [-0.4, -0.2) is 33.5 Å². The van der Waals surface area contributed by atoms with Crippen LogP contribution in [0.4, 0.5) is 4.39 Å². The van der Waals surface area contributed by atoms with Crippen LogP contribution in [-0.2, 0) is 9.47 Å². The van der Waals surface area contributed by atoms with Crippen LogP contribution in [0, 0.1) is 5.82 Å². The van der Waals surface area contributed by atoms with Crippen molar-refractivity contribution in [2.24, 2.45) is 0 Å². The Balaban J connectivity index is 2.10. The van der Waals surface area contributed by atoms with Crippen molar-refractivity contribution < 1.29 is 13.9 Å². The van der Waals surface area contributed by atoms with Crippen molar-refractivity contribution in [1.82, 2.24) is 5.32 Å². The summed E-state index contributed by atoms with van der Waals surface area (Å²) >= 11 is 0. The number of methoxy groups -OCH3 is 1. The Labute approximate surface area is 108 Å². The van der Waals surface area contributed by atoms with E-state index >= 15 is 0 Å². The maximum Gasteiger partial charge on any atom is 0.123 e. The van der Waals surface area contributed by atoms with Crippen LogP contribution in [0.3, 0.4) is 0 Å². The van der Waals surface area contributed by atoms with Gasteiger partial charge in [0.1, 0.15) is 5.82 Å². The van der Waals surface area contributed by atoms with Gasteiger partial charge in [0.15, 0.2) is 0 Å². The van der Waals surface area contributed by atoms with Gasteiger partial charge in [-0.2, -0.15) is 0 Å². The third kappa shape index (κ3) is 6.10. The van der Waals surface area contributed by atoms with E-state index in [1.165, 1.54) is 12.1 Å². The zero-order valence-electron chi connectivity index (χ0n) is 11.1. The van der Waals surface area contributed by atoms with Crippen molar-refractivity contribution in [2.45, 2.75) is 19.4 Å². The SMILES string of the molecule is COCCCOCCN[C@H](C)c1ccc(F)cc1. The van der Waals surface area contributed by atoms with E-state index in [2.05, 4.69) is 12.2 Å². The molecule has 0 saturated carbocycles. The molecule has 1 aromatic rings. The van der Waals surface area contributed by atoms with Gasteiger partial charge < -0.3 is 14.8 Å². The van der Waals surface area contributed by atoms with E-state index in [0.29, 0.717) is 6.61 Å². The molecule has 0 unspecified atom stereocenters. The number of nitrogens with one attached hydrogen (secondary N) is 1. The van der Waals surface area contributed by atoms with Gasteiger partial charge >= 0.3 is 0 Å². The highest BCUT2D eigenvalue weighted by Crippen LogP contribution is 2.12. The van der Waals surface area contributed by atoms with E-state index < -0.39 is 0 Å². The summed E-state index contributed by atoms with van der Waals surface area (Å²) in [7, 11) is 1.69. The minimum absolute atomic E-state index is 0.201. The Morgan fingerprint density at radius 2 is 1.89 bits per heavy atom. The molecule has 1 atom stereocenters. The monoisotopic (exact) mass is 255 g/mol. The normalized spacial score (nSPS) is 12.6. The topological polar surface area (TPSA) is 30.5 Å². The smallest absolute Gasteiger partial charge is 0.123 e. The number of halogens is 1. The summed E-state index contributed by atoms with van der Waals surface area (Å²) in [6.07, 6.45) is 0.921. The van der Waals surface area contributed by atoms with Crippen molar-refractivity contribution >= 4 is 0 Å². The van der Waals surface area contributed by atoms with E-state index in [1.807, 2.05) is 0 Å². The molecule has 1 N–H and O–H groups in total. The average molecular weight is 255 g/mol. The van der Waals surface area contributed by atoms with E-state index in [-0.39, 0.29) is 11.9 Å². The quantitative estimate of drug-likeness (QED) is 0.688. The van der Waals surface area contributed by atoms with Crippen molar-refractivity contribution in [1.29, 1.82) is 0 Å². The lowest BCUT2D eigenvalue weighted by molar-refractivity contribution is 0.103. The van der Waals surface area contributed by atoms with Crippen LogP contribution in [0.2, 0.25) is 0 Å². The summed E-state index contributed by atoms with van der Waals surface area (Å²) in [6.45, 7) is 4.97. The minimum Gasteiger partial charge on any atom is -0.385 e. The lowest BCUT2D eigenvalue weighted by Crippen LogP contribution is -2.23. The van der Waals surface area contributed by atoms with Gasteiger partial charge in [-0.05, 0) is 31.0 Å². The van der Waals surface area contributed by atoms with Crippen molar-refractivity contribution in [3.63, 3.8) is 0 Å². The molecule has 0 amide bonds. The second kappa shape index (κ2) is 9.03. The third-order valence-corrected chi connectivity index (χ3v) is 2.70. The molecule has 0 aliphatic heterocycles. The Bertz CT molecular complexity index is 316. The molecule has 0 fully saturated rings. The van der Waals surface area contributed by atoms with Gasteiger partial charge in [0, 0.05) is 32.9 Å². The Morgan fingerprint density at radius 1 is 1.17 bits per heavy atom. The molecular weight excluding hydrogens is 233 g/mol. The number of rotatable bonds is 9. The van der Waals surface area contributed by atoms with E-state index in [0.717, 1.165) is 31.7 Å². The van der Waals surface area contributed by atoms with E-state index in [4.69, 9.17) is 9.47 Å². The van der Waals surface area contributed by atoms with Gasteiger partial charge in [-0.1, -0.05) is 12.1 Å². The van der Waals surface area contributed by atoms with Gasteiger partial charge in [-0.3, -0.25) is 0 Å². The minimum atomic E-state index is -0.201. The summed E-state index contributed by atoms with van der Waals surface area (Å²) in [5.74, 6) is -0.201. The van der Waals surface area contributed by atoms with E-state index in [1.54, 1.807) is 19.2 Å². The first-order valence-corrected chi connectivity index (χ1v) is 6.29. The van der Waals surface area contributed by atoms with Crippen LogP contribution in [0.15, 0.2) is 24.3 Å². The lowest BCUT2D eigenvalue weighted by Gasteiger charge is -2.14. The number of hydrogen-bond acceptors (Lipinski definition) is 3. The fourth-order valence-corrected chi connectivity index (χ4v) is 1.62. The molecular formula is C14H22FNO2. The molecule has 1 rings (SSSR count). The fraction of sp³-hybridized carbons (Fsp3) is 0.571. The molecule has 1 aromatic carbocycles. The Morgan fingerprint density at radius 3 is 2.56 bits per heavy atom. The average Bonchev–Trinajstić information content (AvgIpc) is 2.38. The zero-order chi connectivity index (χ0) is 13.2. The summed E-state index contributed by atoms with van der Waals surface area (Å²) in [4.78, 5) is 0. The van der Waals surface area contributed by atoms with Crippen LogP contribution in [0.5, 0.6) is 0 Å². The molecule has 0 bridgehead atoms. The summed E-state index contributed by atoms with van der Waals surface area (Å²) in [5.41, 5.74) is 1.08. The Kier molecular flexibility index (Phi) is 7.57. The molecule has 0 aliphatic carbocycles. The van der Waals surface area contributed by atoms with Crippen LogP contribution in [0.25, 0.3) is 0 Å². The van der Waals surface area contributed by atoms with Crippen LogP contribution >= 0.6 is 0 Å². The first-order valence-electron chi connectivity index (χ1n) is 6.29. The highest BCUT2D eigenvalue weighted by atomic mass is 19.1. The van der Waals surface area contributed by atoms with Gasteiger partial charge in [0.2, 0.25) is 0 Å². The third-order valence-electron chi connectivity index (χ3n) is 2.70. The largest absolute Gasteiger partial charge is 0.385 e. The van der Waals surface area contributed by atoms with Gasteiger partial charge in [-0.15, -0.1) is 0 Å². The highest BCUT2D eigenvalue weighted by molar-refractivity contribution is 5.19. The van der Waals surface area contributed by atoms with Crippen molar-refractivity contribution in [2.75, 3.05) is 33.5 Å². The maximum atomic E-state index is 12.8. The first-order chi connectivity index (χ1) is 8.74. The Hall–Kier alpha value is -0.970. The zero-order valence-corrected chi connectivity index (χ0v) is 11.1. The van der Waals surface area contributed by atoms with Crippen molar-refractivity contribution in [3.05, 3.63) is 35.6 Å². The molecule has 0 aromatic heterocycles. The predicted molar refractivity (Wildman–Crippen MR) is 70.1 cm³/mol. The number of hydrogen-bond donors (Lipinski definition) is 1. The molecule has 4 heteroatoms. The summed E-state index contributed by atoms with van der Waals surface area (Å²) in [6, 6.07) is 6.76. The number of benzene rings is 1. The molecule has 0 saturated heterocycles. The molecule has 0 spiro atoms.